The first-order valence-electron chi connectivity index (χ1n) is 5.95. The quantitative estimate of drug-likeness (QED) is 0.873. The van der Waals surface area contributed by atoms with Gasteiger partial charge in [0.15, 0.2) is 0 Å². The minimum Gasteiger partial charge on any atom is -0.326 e. The predicted octanol–water partition coefficient (Wildman–Crippen LogP) is 2.23. The van der Waals surface area contributed by atoms with Crippen LogP contribution in [0.1, 0.15) is 36.9 Å². The normalized spacial score (nSPS) is 12.9. The average Bonchev–Trinajstić information content (AvgIpc) is 2.58. The molecule has 0 radical (unpaired) electrons. The van der Waals surface area contributed by atoms with E-state index in [9.17, 15) is 8.42 Å². The number of hydrogen-bond donors (Lipinski definition) is 2. The van der Waals surface area contributed by atoms with Crippen LogP contribution in [0.15, 0.2) is 11.0 Å². The fraction of sp³-hybridized carbons (Fsp3) is 0.667. The van der Waals surface area contributed by atoms with Gasteiger partial charge in [-0.3, -0.25) is 0 Å². The molecule has 1 heterocycles. The minimum atomic E-state index is -3.40. The van der Waals surface area contributed by atoms with Crippen molar-refractivity contribution >= 4 is 21.4 Å². The van der Waals surface area contributed by atoms with Crippen LogP contribution >= 0.6 is 11.3 Å². The summed E-state index contributed by atoms with van der Waals surface area (Å²) in [6.07, 6.45) is 0.805. The van der Waals surface area contributed by atoms with Crippen molar-refractivity contribution in [1.82, 2.24) is 4.72 Å². The lowest BCUT2D eigenvalue weighted by molar-refractivity contribution is 0.378. The molecule has 0 amide bonds. The highest BCUT2D eigenvalue weighted by molar-refractivity contribution is 7.89. The van der Waals surface area contributed by atoms with Gasteiger partial charge in [-0.05, 0) is 24.8 Å². The molecule has 0 spiro atoms. The third-order valence-electron chi connectivity index (χ3n) is 2.58. The molecule has 6 heteroatoms. The van der Waals surface area contributed by atoms with E-state index < -0.39 is 10.0 Å². The summed E-state index contributed by atoms with van der Waals surface area (Å²) < 4.78 is 26.9. The average molecular weight is 290 g/mol. The predicted molar refractivity (Wildman–Crippen MR) is 76.2 cm³/mol. The van der Waals surface area contributed by atoms with E-state index in [2.05, 4.69) is 25.5 Å². The maximum absolute atomic E-state index is 12.1. The molecule has 104 valence electrons. The molecule has 0 aliphatic carbocycles. The first kappa shape index (κ1) is 15.6. The van der Waals surface area contributed by atoms with Gasteiger partial charge in [-0.2, -0.15) is 0 Å². The Morgan fingerprint density at radius 2 is 2.00 bits per heavy atom. The van der Waals surface area contributed by atoms with Crippen LogP contribution in [0.3, 0.4) is 0 Å². The Kier molecular flexibility index (Phi) is 4.94. The number of hydrogen-bond acceptors (Lipinski definition) is 4. The van der Waals surface area contributed by atoms with E-state index in [1.54, 1.807) is 6.07 Å². The van der Waals surface area contributed by atoms with Gasteiger partial charge in [0, 0.05) is 22.8 Å². The van der Waals surface area contributed by atoms with Gasteiger partial charge in [0.1, 0.15) is 0 Å². The third-order valence-corrected chi connectivity index (χ3v) is 5.37. The summed E-state index contributed by atoms with van der Waals surface area (Å²) >= 11 is 1.44. The van der Waals surface area contributed by atoms with Gasteiger partial charge in [-0.1, -0.05) is 20.8 Å². The summed E-state index contributed by atoms with van der Waals surface area (Å²) in [5.74, 6) is 0. The Morgan fingerprint density at radius 1 is 1.39 bits per heavy atom. The number of nitrogens with two attached hydrogens (primary N) is 1. The summed E-state index contributed by atoms with van der Waals surface area (Å²) in [4.78, 5) is 2.05. The second-order valence-corrected chi connectivity index (χ2v) is 8.62. The van der Waals surface area contributed by atoms with Gasteiger partial charge in [0.2, 0.25) is 10.0 Å². The van der Waals surface area contributed by atoms with E-state index in [4.69, 9.17) is 5.73 Å². The Morgan fingerprint density at radius 3 is 2.44 bits per heavy atom. The summed E-state index contributed by atoms with van der Waals surface area (Å²) in [5, 5.41) is 0. The number of nitrogens with one attached hydrogen (secondary N) is 1. The molecular weight excluding hydrogens is 268 g/mol. The lowest BCUT2D eigenvalue weighted by Gasteiger charge is -2.18. The highest BCUT2D eigenvalue weighted by Gasteiger charge is 2.20. The number of sulfonamides is 1. The van der Waals surface area contributed by atoms with Crippen LogP contribution in [0.25, 0.3) is 0 Å². The van der Waals surface area contributed by atoms with Crippen LogP contribution in [0.5, 0.6) is 0 Å². The first-order chi connectivity index (χ1) is 8.15. The monoisotopic (exact) mass is 290 g/mol. The van der Waals surface area contributed by atoms with Gasteiger partial charge in [0.05, 0.1) is 4.90 Å². The molecule has 0 saturated heterocycles. The van der Waals surface area contributed by atoms with Crippen molar-refractivity contribution in [3.8, 4) is 0 Å². The Hall–Kier alpha value is -0.430. The maximum atomic E-state index is 12.1. The summed E-state index contributed by atoms with van der Waals surface area (Å²) in [7, 11) is -3.40. The zero-order chi connectivity index (χ0) is 14.0. The third kappa shape index (κ3) is 4.35. The van der Waals surface area contributed by atoms with Crippen molar-refractivity contribution in [2.75, 3.05) is 6.54 Å². The molecule has 3 N–H and O–H groups in total. The van der Waals surface area contributed by atoms with Gasteiger partial charge in [-0.25, -0.2) is 13.1 Å². The van der Waals surface area contributed by atoms with Crippen LogP contribution in [0.4, 0.5) is 0 Å². The SMILES string of the molecule is Cc1sc(CN)cc1S(=O)(=O)NCCC(C)(C)C. The van der Waals surface area contributed by atoms with E-state index in [0.717, 1.165) is 16.2 Å². The summed E-state index contributed by atoms with van der Waals surface area (Å²) in [6, 6.07) is 1.67. The Labute approximate surface area is 114 Å². The highest BCUT2D eigenvalue weighted by atomic mass is 32.2. The van der Waals surface area contributed by atoms with Crippen LogP contribution in [0.2, 0.25) is 0 Å². The van der Waals surface area contributed by atoms with E-state index >= 15 is 0 Å². The van der Waals surface area contributed by atoms with Gasteiger partial charge in [0.25, 0.3) is 0 Å². The molecule has 18 heavy (non-hydrogen) atoms. The molecule has 0 atom stereocenters. The Balaban J connectivity index is 2.77. The molecule has 1 rings (SSSR count). The second kappa shape index (κ2) is 5.69. The molecule has 0 aromatic carbocycles. The molecule has 0 fully saturated rings. The van der Waals surface area contributed by atoms with Crippen molar-refractivity contribution in [2.45, 2.75) is 45.6 Å². The van der Waals surface area contributed by atoms with E-state index in [0.29, 0.717) is 18.0 Å². The van der Waals surface area contributed by atoms with Crippen LogP contribution < -0.4 is 10.5 Å². The smallest absolute Gasteiger partial charge is 0.241 e. The molecule has 4 nitrogen and oxygen atoms in total. The van der Waals surface area contributed by atoms with Crippen LogP contribution in [0, 0.1) is 12.3 Å². The van der Waals surface area contributed by atoms with Crippen molar-refractivity contribution in [2.24, 2.45) is 11.1 Å². The van der Waals surface area contributed by atoms with Crippen molar-refractivity contribution in [3.05, 3.63) is 15.8 Å². The highest BCUT2D eigenvalue weighted by Crippen LogP contribution is 2.25. The zero-order valence-corrected chi connectivity index (χ0v) is 13.0. The molecule has 0 saturated carbocycles. The van der Waals surface area contributed by atoms with Crippen LogP contribution in [-0.4, -0.2) is 15.0 Å². The summed E-state index contributed by atoms with van der Waals surface area (Å²) in [5.41, 5.74) is 5.65. The second-order valence-electron chi connectivity index (χ2n) is 5.55. The fourth-order valence-corrected chi connectivity index (χ4v) is 4.07. The standard InChI is InChI=1S/C12H22N2O2S2/c1-9-11(7-10(8-13)17-9)18(15,16)14-6-5-12(2,3)4/h7,14H,5-6,8,13H2,1-4H3. The first-order valence-corrected chi connectivity index (χ1v) is 8.25. The number of aryl methyl sites for hydroxylation is 1. The van der Waals surface area contributed by atoms with E-state index in [-0.39, 0.29) is 5.41 Å². The van der Waals surface area contributed by atoms with E-state index in [1.165, 1.54) is 11.3 Å². The molecule has 0 aliphatic heterocycles. The van der Waals surface area contributed by atoms with Crippen molar-refractivity contribution in [3.63, 3.8) is 0 Å². The van der Waals surface area contributed by atoms with Crippen molar-refractivity contribution < 1.29 is 8.42 Å². The molecule has 0 bridgehead atoms. The minimum absolute atomic E-state index is 0.120. The van der Waals surface area contributed by atoms with Gasteiger partial charge < -0.3 is 5.73 Å². The number of rotatable bonds is 5. The summed E-state index contributed by atoms with van der Waals surface area (Å²) in [6.45, 7) is 8.90. The molecule has 0 aliphatic rings. The van der Waals surface area contributed by atoms with Crippen LogP contribution in [-0.2, 0) is 16.6 Å². The molecule has 0 unspecified atom stereocenters. The molecule has 1 aromatic rings. The Bertz CT molecular complexity index is 499. The zero-order valence-electron chi connectivity index (χ0n) is 11.4. The fourth-order valence-electron chi connectivity index (χ4n) is 1.53. The lowest BCUT2D eigenvalue weighted by atomic mass is 9.93. The van der Waals surface area contributed by atoms with Crippen molar-refractivity contribution in [1.29, 1.82) is 0 Å². The molecular formula is C12H22N2O2S2. The topological polar surface area (TPSA) is 72.2 Å². The molecule has 1 aromatic heterocycles. The van der Waals surface area contributed by atoms with E-state index in [1.807, 2.05) is 6.92 Å². The van der Waals surface area contributed by atoms with Gasteiger partial charge >= 0.3 is 0 Å². The number of thiophene rings is 1. The largest absolute Gasteiger partial charge is 0.326 e. The maximum Gasteiger partial charge on any atom is 0.241 e. The van der Waals surface area contributed by atoms with Gasteiger partial charge in [-0.15, -0.1) is 11.3 Å². The lowest BCUT2D eigenvalue weighted by Crippen LogP contribution is -2.27.